The molecule has 1 N–H and O–H groups in total. The third-order valence-electron chi connectivity index (χ3n) is 6.41. The van der Waals surface area contributed by atoms with Crippen molar-refractivity contribution in [3.63, 3.8) is 0 Å². The van der Waals surface area contributed by atoms with Gasteiger partial charge in [0.15, 0.2) is 11.6 Å². The van der Waals surface area contributed by atoms with Crippen molar-refractivity contribution < 1.29 is 28.6 Å². The Morgan fingerprint density at radius 3 is 2.63 bits per heavy atom. The number of carboxylic acids is 1. The van der Waals surface area contributed by atoms with Crippen molar-refractivity contribution in [3.05, 3.63) is 77.1 Å². The van der Waals surface area contributed by atoms with Crippen LogP contribution in [0.4, 0.5) is 4.39 Å². The molecule has 35 heavy (non-hydrogen) atoms. The number of Topliss-reactive ketones (excluding diaryl/α,β-unsaturated/α-hetero) is 2. The molecule has 2 aliphatic rings. The lowest BCUT2D eigenvalue weighted by Gasteiger charge is -2.38. The molecule has 1 heterocycles. The van der Waals surface area contributed by atoms with Gasteiger partial charge in [0.1, 0.15) is 11.6 Å². The van der Waals surface area contributed by atoms with E-state index in [2.05, 4.69) is 0 Å². The van der Waals surface area contributed by atoms with Gasteiger partial charge in [-0.3, -0.25) is 14.5 Å². The maximum Gasteiger partial charge on any atom is 0.328 e. The second kappa shape index (κ2) is 11.2. The summed E-state index contributed by atoms with van der Waals surface area (Å²) in [5.74, 6) is -0.882. The number of aliphatic carboxylic acids is 1. The minimum atomic E-state index is -1.08. The molecule has 1 saturated carbocycles. The standard InChI is InChI=1S/C27H28FNO5S/c1-34-20-6-4-5-18(13-20)23(30)16-35-24-11-12-29(15-19(24)14-25(31)32)26(27(33)17-9-10-17)21-7-2-3-8-22(21)28/h2-8,13-14,17,24,26H,9-12,15-16H2,1H3,(H,31,32)/b19-14-/t24-,26+/m0/s1. The molecule has 2 fully saturated rings. The lowest BCUT2D eigenvalue weighted by Crippen LogP contribution is -2.43. The van der Waals surface area contributed by atoms with Crippen LogP contribution in [0.1, 0.15) is 41.2 Å². The van der Waals surface area contributed by atoms with Gasteiger partial charge in [-0.15, -0.1) is 11.8 Å². The number of piperidine rings is 1. The Kier molecular flexibility index (Phi) is 8.03. The van der Waals surface area contributed by atoms with Crippen LogP contribution in [0.15, 0.2) is 60.2 Å². The summed E-state index contributed by atoms with van der Waals surface area (Å²) in [4.78, 5) is 39.4. The van der Waals surface area contributed by atoms with Crippen molar-refractivity contribution in [1.29, 1.82) is 0 Å². The normalized spacial score (nSPS) is 20.4. The van der Waals surface area contributed by atoms with Crippen LogP contribution < -0.4 is 4.74 Å². The Labute approximate surface area is 208 Å². The molecule has 2 atom stereocenters. The number of nitrogens with zero attached hydrogens (tertiary/aromatic N) is 1. The zero-order chi connectivity index (χ0) is 24.9. The molecule has 0 unspecified atom stereocenters. The molecule has 6 nitrogen and oxygen atoms in total. The highest BCUT2D eigenvalue weighted by atomic mass is 32.2. The highest BCUT2D eigenvalue weighted by Gasteiger charge is 2.41. The molecule has 1 aliphatic carbocycles. The summed E-state index contributed by atoms with van der Waals surface area (Å²) in [5.41, 5.74) is 1.49. The number of ether oxygens (including phenoxy) is 1. The molecule has 0 spiro atoms. The number of ketones is 2. The molecule has 8 heteroatoms. The van der Waals surface area contributed by atoms with E-state index in [0.717, 1.165) is 12.8 Å². The third kappa shape index (κ3) is 6.18. The van der Waals surface area contributed by atoms with Crippen molar-refractivity contribution in [2.75, 3.05) is 26.0 Å². The lowest BCUT2D eigenvalue weighted by atomic mass is 9.93. The lowest BCUT2D eigenvalue weighted by molar-refractivity contribution is -0.131. The monoisotopic (exact) mass is 497 g/mol. The minimum Gasteiger partial charge on any atom is -0.497 e. The Hall–Kier alpha value is -2.97. The van der Waals surface area contributed by atoms with Gasteiger partial charge in [0.05, 0.1) is 18.9 Å². The maximum absolute atomic E-state index is 14.7. The van der Waals surface area contributed by atoms with Crippen LogP contribution >= 0.6 is 11.8 Å². The molecule has 0 amide bonds. The van der Waals surface area contributed by atoms with E-state index in [1.807, 2.05) is 4.90 Å². The van der Waals surface area contributed by atoms with E-state index in [-0.39, 0.29) is 35.0 Å². The van der Waals surface area contributed by atoms with Crippen LogP contribution in [0.25, 0.3) is 0 Å². The number of carboxylic acid groups (broad SMARTS) is 1. The number of methoxy groups -OCH3 is 1. The van der Waals surface area contributed by atoms with Gasteiger partial charge in [0.25, 0.3) is 0 Å². The second-order valence-electron chi connectivity index (χ2n) is 8.87. The van der Waals surface area contributed by atoms with Gasteiger partial charge in [0.2, 0.25) is 0 Å². The summed E-state index contributed by atoms with van der Waals surface area (Å²) in [6.45, 7) is 0.730. The smallest absolute Gasteiger partial charge is 0.328 e. The SMILES string of the molecule is COc1cccc(C(=O)CS[C@H]2CCN([C@@H](C(=O)C3CC3)c3ccccc3F)C/C2=C/C(=O)O)c1. The molecule has 0 aromatic heterocycles. The van der Waals surface area contributed by atoms with E-state index in [0.29, 0.717) is 35.4 Å². The molecular weight excluding hydrogens is 469 g/mol. The van der Waals surface area contributed by atoms with Crippen LogP contribution in [0, 0.1) is 11.7 Å². The van der Waals surface area contributed by atoms with Gasteiger partial charge in [-0.2, -0.15) is 0 Å². The summed E-state index contributed by atoms with van der Waals surface area (Å²) < 4.78 is 19.9. The van der Waals surface area contributed by atoms with Crippen LogP contribution in [0.2, 0.25) is 0 Å². The molecule has 2 aromatic rings. The molecule has 184 valence electrons. The van der Waals surface area contributed by atoms with Crippen LogP contribution in [-0.4, -0.2) is 58.7 Å². The minimum absolute atomic E-state index is 0.0101. The van der Waals surface area contributed by atoms with Crippen molar-refractivity contribution in [3.8, 4) is 5.75 Å². The zero-order valence-corrected chi connectivity index (χ0v) is 20.3. The fraction of sp³-hybridized carbons (Fsp3) is 0.370. The highest BCUT2D eigenvalue weighted by Crippen LogP contribution is 2.40. The fourth-order valence-electron chi connectivity index (χ4n) is 4.47. The molecule has 0 bridgehead atoms. The van der Waals surface area contributed by atoms with Crippen LogP contribution in [0.3, 0.4) is 0 Å². The van der Waals surface area contributed by atoms with Crippen molar-refractivity contribution in [1.82, 2.24) is 4.90 Å². The Balaban J connectivity index is 1.51. The summed E-state index contributed by atoms with van der Waals surface area (Å²) in [7, 11) is 1.54. The fourth-order valence-corrected chi connectivity index (χ4v) is 5.61. The van der Waals surface area contributed by atoms with Crippen molar-refractivity contribution >= 4 is 29.3 Å². The highest BCUT2D eigenvalue weighted by molar-refractivity contribution is 8.00. The Bertz CT molecular complexity index is 1150. The van der Waals surface area contributed by atoms with E-state index in [4.69, 9.17) is 4.74 Å². The molecule has 1 saturated heterocycles. The second-order valence-corrected chi connectivity index (χ2v) is 10.1. The van der Waals surface area contributed by atoms with Crippen LogP contribution in [0.5, 0.6) is 5.75 Å². The number of hydrogen-bond acceptors (Lipinski definition) is 6. The molecule has 4 rings (SSSR count). The quantitative estimate of drug-likeness (QED) is 0.381. The number of likely N-dealkylation sites (tertiary alicyclic amines) is 1. The number of halogens is 1. The average Bonchev–Trinajstić information content (AvgIpc) is 3.70. The number of hydrogen-bond donors (Lipinski definition) is 1. The molecule has 0 radical (unpaired) electrons. The van der Waals surface area contributed by atoms with E-state index in [1.165, 1.54) is 31.0 Å². The summed E-state index contributed by atoms with van der Waals surface area (Å²) >= 11 is 1.40. The maximum atomic E-state index is 14.7. The first kappa shape index (κ1) is 25.1. The predicted molar refractivity (Wildman–Crippen MR) is 132 cm³/mol. The first-order chi connectivity index (χ1) is 16.9. The third-order valence-corrected chi connectivity index (χ3v) is 7.78. The predicted octanol–water partition coefficient (Wildman–Crippen LogP) is 4.56. The number of carbonyl (C=O) groups excluding carboxylic acids is 2. The van der Waals surface area contributed by atoms with Gasteiger partial charge in [-0.05, 0) is 43.0 Å². The summed E-state index contributed by atoms with van der Waals surface area (Å²) in [5, 5.41) is 9.29. The average molecular weight is 498 g/mol. The van der Waals surface area contributed by atoms with Crippen molar-refractivity contribution in [2.24, 2.45) is 5.92 Å². The van der Waals surface area contributed by atoms with E-state index >= 15 is 0 Å². The van der Waals surface area contributed by atoms with E-state index in [1.54, 1.807) is 42.5 Å². The molecule has 1 aliphatic heterocycles. The Morgan fingerprint density at radius 1 is 1.17 bits per heavy atom. The summed E-state index contributed by atoms with van der Waals surface area (Å²) in [6, 6.07) is 12.5. The van der Waals surface area contributed by atoms with Gasteiger partial charge in [-0.25, -0.2) is 9.18 Å². The van der Waals surface area contributed by atoms with Crippen LogP contribution in [-0.2, 0) is 9.59 Å². The first-order valence-electron chi connectivity index (χ1n) is 11.6. The zero-order valence-electron chi connectivity index (χ0n) is 19.5. The number of rotatable bonds is 10. The van der Waals surface area contributed by atoms with Gasteiger partial charge >= 0.3 is 5.97 Å². The number of thioether (sulfide) groups is 1. The molecular formula is C27H28FNO5S. The molecule has 2 aromatic carbocycles. The number of benzene rings is 2. The van der Waals surface area contributed by atoms with Gasteiger partial charge in [-0.1, -0.05) is 30.3 Å². The summed E-state index contributed by atoms with van der Waals surface area (Å²) in [6.07, 6.45) is 3.33. The topological polar surface area (TPSA) is 83.9 Å². The van der Waals surface area contributed by atoms with Gasteiger partial charge in [0, 0.05) is 41.5 Å². The van der Waals surface area contributed by atoms with Crippen molar-refractivity contribution in [2.45, 2.75) is 30.6 Å². The first-order valence-corrected chi connectivity index (χ1v) is 12.7. The van der Waals surface area contributed by atoms with E-state index < -0.39 is 17.8 Å². The van der Waals surface area contributed by atoms with Gasteiger partial charge < -0.3 is 9.84 Å². The largest absolute Gasteiger partial charge is 0.497 e. The van der Waals surface area contributed by atoms with E-state index in [9.17, 15) is 23.9 Å². The Morgan fingerprint density at radius 2 is 1.94 bits per heavy atom. The number of carbonyl (C=O) groups is 3.